The molecule has 0 fully saturated rings. The van der Waals surface area contributed by atoms with Gasteiger partial charge in [0.2, 0.25) is 0 Å². The number of carbonyl (C=O) groups is 2. The van der Waals surface area contributed by atoms with Gasteiger partial charge in [0.1, 0.15) is 6.17 Å². The van der Waals surface area contributed by atoms with Gasteiger partial charge in [0.15, 0.2) is 0 Å². The van der Waals surface area contributed by atoms with Crippen LogP contribution in [-0.2, 0) is 0 Å². The summed E-state index contributed by atoms with van der Waals surface area (Å²) in [6.45, 7) is 0. The number of para-hydroxylation sites is 2. The van der Waals surface area contributed by atoms with E-state index in [0.29, 0.717) is 22.5 Å². The molecule has 1 aliphatic rings. The van der Waals surface area contributed by atoms with Crippen LogP contribution in [0.1, 0.15) is 32.4 Å². The summed E-state index contributed by atoms with van der Waals surface area (Å²) in [6, 6.07) is 23.2. The zero-order valence-electron chi connectivity index (χ0n) is 13.8. The first-order chi connectivity index (χ1) is 12.7. The maximum Gasteiger partial charge on any atom is 0.336 e. The van der Waals surface area contributed by atoms with E-state index in [1.165, 1.54) is 0 Å². The van der Waals surface area contributed by atoms with Crippen LogP contribution < -0.4 is 10.2 Å². The fourth-order valence-corrected chi connectivity index (χ4v) is 3.26. The largest absolute Gasteiger partial charge is 0.478 e. The average Bonchev–Trinajstić information content (AvgIpc) is 2.68. The van der Waals surface area contributed by atoms with E-state index in [1.807, 2.05) is 48.5 Å². The van der Waals surface area contributed by atoms with Crippen LogP contribution in [0.25, 0.3) is 0 Å². The van der Waals surface area contributed by atoms with E-state index in [-0.39, 0.29) is 11.5 Å². The minimum absolute atomic E-state index is 0.165. The third-order valence-electron chi connectivity index (χ3n) is 4.45. The summed E-state index contributed by atoms with van der Waals surface area (Å²) in [6.07, 6.45) is -0.618. The van der Waals surface area contributed by atoms with Crippen LogP contribution in [0.2, 0.25) is 0 Å². The first-order valence-corrected chi connectivity index (χ1v) is 8.23. The minimum Gasteiger partial charge on any atom is -0.478 e. The fraction of sp³-hybridized carbons (Fsp3) is 0.0476. The number of amides is 1. The summed E-state index contributed by atoms with van der Waals surface area (Å²) in [7, 11) is 0. The van der Waals surface area contributed by atoms with E-state index >= 15 is 0 Å². The van der Waals surface area contributed by atoms with Gasteiger partial charge in [-0.15, -0.1) is 0 Å². The molecule has 3 aromatic carbocycles. The van der Waals surface area contributed by atoms with Gasteiger partial charge in [0.25, 0.3) is 5.91 Å². The van der Waals surface area contributed by atoms with Crippen molar-refractivity contribution >= 4 is 23.3 Å². The highest BCUT2D eigenvalue weighted by Crippen LogP contribution is 2.37. The van der Waals surface area contributed by atoms with Crippen molar-refractivity contribution in [3.63, 3.8) is 0 Å². The SMILES string of the molecule is O=C(O)c1ccccc1C1Nc2ccccc2C(=O)N1c1ccccc1. The van der Waals surface area contributed by atoms with Gasteiger partial charge >= 0.3 is 5.97 Å². The zero-order valence-corrected chi connectivity index (χ0v) is 13.8. The molecule has 1 aliphatic heterocycles. The molecule has 1 heterocycles. The van der Waals surface area contributed by atoms with Crippen molar-refractivity contribution in [1.29, 1.82) is 0 Å². The van der Waals surface area contributed by atoms with Crippen molar-refractivity contribution in [1.82, 2.24) is 0 Å². The van der Waals surface area contributed by atoms with Crippen LogP contribution in [0.3, 0.4) is 0 Å². The summed E-state index contributed by atoms with van der Waals surface area (Å²) in [5.74, 6) is -1.20. The Kier molecular flexibility index (Phi) is 3.89. The highest BCUT2D eigenvalue weighted by molar-refractivity contribution is 6.12. The van der Waals surface area contributed by atoms with E-state index < -0.39 is 12.1 Å². The average molecular weight is 344 g/mol. The molecule has 4 rings (SSSR count). The third-order valence-corrected chi connectivity index (χ3v) is 4.45. The van der Waals surface area contributed by atoms with Crippen molar-refractivity contribution in [2.45, 2.75) is 6.17 Å². The highest BCUT2D eigenvalue weighted by Gasteiger charge is 2.35. The molecule has 26 heavy (non-hydrogen) atoms. The number of carboxylic acid groups (broad SMARTS) is 1. The molecule has 128 valence electrons. The van der Waals surface area contributed by atoms with E-state index in [1.54, 1.807) is 35.2 Å². The predicted octanol–water partition coefficient (Wildman–Crippen LogP) is 4.16. The van der Waals surface area contributed by atoms with Crippen molar-refractivity contribution in [2.75, 3.05) is 10.2 Å². The molecule has 0 radical (unpaired) electrons. The molecule has 0 aliphatic carbocycles. The second kappa shape index (κ2) is 6.37. The lowest BCUT2D eigenvalue weighted by Gasteiger charge is -2.38. The topological polar surface area (TPSA) is 69.6 Å². The van der Waals surface area contributed by atoms with Crippen molar-refractivity contribution in [3.8, 4) is 0 Å². The van der Waals surface area contributed by atoms with E-state index in [4.69, 9.17) is 0 Å². The van der Waals surface area contributed by atoms with Crippen LogP contribution in [-0.4, -0.2) is 17.0 Å². The molecule has 3 aromatic rings. The number of hydrogen-bond acceptors (Lipinski definition) is 3. The maximum atomic E-state index is 13.2. The lowest BCUT2D eigenvalue weighted by Crippen LogP contribution is -2.43. The summed E-state index contributed by atoms with van der Waals surface area (Å²) in [5.41, 5.74) is 2.64. The molecule has 0 aromatic heterocycles. The van der Waals surface area contributed by atoms with Crippen LogP contribution in [0.15, 0.2) is 78.9 Å². The molecular formula is C21H16N2O3. The molecule has 5 nitrogen and oxygen atoms in total. The summed E-state index contributed by atoms with van der Waals surface area (Å²) >= 11 is 0. The molecule has 1 amide bonds. The van der Waals surface area contributed by atoms with Gasteiger partial charge in [-0.05, 0) is 30.3 Å². The van der Waals surface area contributed by atoms with Gasteiger partial charge < -0.3 is 10.4 Å². The Hall–Kier alpha value is -3.60. The van der Waals surface area contributed by atoms with Crippen LogP contribution in [0.5, 0.6) is 0 Å². The first kappa shape index (κ1) is 15.9. The molecule has 0 saturated heterocycles. The number of carbonyl (C=O) groups excluding carboxylic acids is 1. The number of nitrogens with one attached hydrogen (secondary N) is 1. The third kappa shape index (κ3) is 2.59. The van der Waals surface area contributed by atoms with Crippen LogP contribution >= 0.6 is 0 Å². The molecule has 0 bridgehead atoms. The highest BCUT2D eigenvalue weighted by atomic mass is 16.4. The lowest BCUT2D eigenvalue weighted by atomic mass is 9.99. The van der Waals surface area contributed by atoms with E-state index in [9.17, 15) is 14.7 Å². The smallest absolute Gasteiger partial charge is 0.336 e. The van der Waals surface area contributed by atoms with Crippen molar-refractivity contribution in [3.05, 3.63) is 95.6 Å². The molecule has 2 N–H and O–H groups in total. The Labute approximate surface area is 150 Å². The molecule has 1 atom stereocenters. The van der Waals surface area contributed by atoms with Crippen molar-refractivity contribution in [2.24, 2.45) is 0 Å². The second-order valence-electron chi connectivity index (χ2n) is 6.00. The van der Waals surface area contributed by atoms with Gasteiger partial charge in [-0.1, -0.05) is 48.5 Å². The summed E-state index contributed by atoms with van der Waals surface area (Å²) in [5, 5.41) is 12.9. The van der Waals surface area contributed by atoms with Crippen LogP contribution in [0.4, 0.5) is 11.4 Å². The number of benzene rings is 3. The first-order valence-electron chi connectivity index (χ1n) is 8.23. The minimum atomic E-state index is -1.03. The normalized spacial score (nSPS) is 15.9. The van der Waals surface area contributed by atoms with Gasteiger partial charge in [0.05, 0.1) is 11.1 Å². The number of rotatable bonds is 3. The Balaban J connectivity index is 1.92. The van der Waals surface area contributed by atoms with Crippen LogP contribution in [0, 0.1) is 0 Å². The number of anilines is 2. The quantitative estimate of drug-likeness (QED) is 0.749. The number of hydrogen-bond donors (Lipinski definition) is 2. The Morgan fingerprint density at radius 3 is 2.31 bits per heavy atom. The maximum absolute atomic E-state index is 13.2. The Morgan fingerprint density at radius 1 is 0.885 bits per heavy atom. The Morgan fingerprint density at radius 2 is 1.54 bits per heavy atom. The summed E-state index contributed by atoms with van der Waals surface area (Å²) in [4.78, 5) is 26.5. The summed E-state index contributed by atoms with van der Waals surface area (Å²) < 4.78 is 0. The standard InChI is InChI=1S/C21H16N2O3/c24-20-17-12-6-7-13-18(17)22-19(23(20)14-8-2-1-3-9-14)15-10-4-5-11-16(15)21(25)26/h1-13,19,22H,(H,25,26). The number of carboxylic acids is 1. The van der Waals surface area contributed by atoms with Gasteiger partial charge in [-0.25, -0.2) is 4.79 Å². The zero-order chi connectivity index (χ0) is 18.1. The van der Waals surface area contributed by atoms with Gasteiger partial charge in [-0.2, -0.15) is 0 Å². The number of nitrogens with zero attached hydrogens (tertiary/aromatic N) is 1. The van der Waals surface area contributed by atoms with Crippen molar-refractivity contribution < 1.29 is 14.7 Å². The fourth-order valence-electron chi connectivity index (χ4n) is 3.26. The monoisotopic (exact) mass is 344 g/mol. The van der Waals surface area contributed by atoms with Gasteiger partial charge in [0, 0.05) is 16.9 Å². The molecule has 0 saturated carbocycles. The molecule has 5 heteroatoms. The predicted molar refractivity (Wildman–Crippen MR) is 99.5 cm³/mol. The second-order valence-corrected chi connectivity index (χ2v) is 6.00. The van der Waals surface area contributed by atoms with E-state index in [0.717, 1.165) is 0 Å². The number of fused-ring (bicyclic) bond motifs is 1. The Bertz CT molecular complexity index is 985. The molecule has 0 spiro atoms. The lowest BCUT2D eigenvalue weighted by molar-refractivity contribution is 0.0694. The van der Waals surface area contributed by atoms with Gasteiger partial charge in [-0.3, -0.25) is 9.69 Å². The van der Waals surface area contributed by atoms with E-state index in [2.05, 4.69) is 5.32 Å². The number of aromatic carboxylic acids is 1. The molecule has 1 unspecified atom stereocenters. The molecular weight excluding hydrogens is 328 g/mol.